The van der Waals surface area contributed by atoms with Crippen LogP contribution >= 0.6 is 0 Å². The summed E-state index contributed by atoms with van der Waals surface area (Å²) >= 11 is 0. The van der Waals surface area contributed by atoms with Gasteiger partial charge in [-0.15, -0.1) is 0 Å². The van der Waals surface area contributed by atoms with Gasteiger partial charge in [-0.2, -0.15) is 0 Å². The van der Waals surface area contributed by atoms with Gasteiger partial charge in [-0.1, -0.05) is 176 Å². The number of carbonyl (C=O) groups is 1. The Labute approximate surface area is 251 Å². The minimum absolute atomic E-state index is 0.0187. The van der Waals surface area contributed by atoms with Crippen molar-refractivity contribution in [2.24, 2.45) is 11.8 Å². The molecular formula is C37H72O3. The predicted molar refractivity (Wildman–Crippen MR) is 176 cm³/mol. The van der Waals surface area contributed by atoms with E-state index in [1.807, 2.05) is 0 Å². The number of carbonyl (C=O) groups excluding carboxylic acids is 1. The fourth-order valence-corrected chi connectivity index (χ4v) is 6.15. The molecule has 0 aliphatic carbocycles. The first-order valence-corrected chi connectivity index (χ1v) is 18.0. The Balaban J connectivity index is 4.99. The lowest BCUT2D eigenvalue weighted by molar-refractivity contribution is -0.235. The molecule has 0 rings (SSSR count). The number of unbranched alkanes of at least 4 members (excludes halogenated alkanes) is 18. The van der Waals surface area contributed by atoms with Gasteiger partial charge in [-0.25, -0.2) is 4.79 Å². The van der Waals surface area contributed by atoms with Crippen LogP contribution in [0.4, 0.5) is 0 Å². The van der Waals surface area contributed by atoms with Crippen LogP contribution in [-0.4, -0.2) is 16.9 Å². The third kappa shape index (κ3) is 21.0. The van der Waals surface area contributed by atoms with E-state index < -0.39 is 11.8 Å². The second-order valence-electron chi connectivity index (χ2n) is 12.9. The molecule has 0 saturated carbocycles. The van der Waals surface area contributed by atoms with Crippen LogP contribution in [0.2, 0.25) is 0 Å². The molecule has 0 bridgehead atoms. The Kier molecular flexibility index (Phi) is 26.5. The molecule has 0 spiro atoms. The third-order valence-electron chi connectivity index (χ3n) is 8.94. The zero-order valence-electron chi connectivity index (χ0n) is 28.0. The molecule has 0 aromatic rings. The van der Waals surface area contributed by atoms with Crippen molar-refractivity contribution in [2.45, 2.75) is 207 Å². The largest absolute Gasteiger partial charge is 0.430 e. The highest BCUT2D eigenvalue weighted by Gasteiger charge is 2.40. The van der Waals surface area contributed by atoms with Crippen molar-refractivity contribution in [2.75, 3.05) is 0 Å². The Hall–Kier alpha value is -0.830. The highest BCUT2D eigenvalue weighted by atomic mass is 16.7. The van der Waals surface area contributed by atoms with E-state index >= 15 is 0 Å². The molecule has 0 fully saturated rings. The molecule has 0 amide bonds. The maximum atomic E-state index is 12.5. The molecular weight excluding hydrogens is 492 g/mol. The Bertz CT molecular complexity index is 586. The summed E-state index contributed by atoms with van der Waals surface area (Å²) in [6.07, 6.45) is 32.2. The monoisotopic (exact) mass is 565 g/mol. The highest BCUT2D eigenvalue weighted by Crippen LogP contribution is 2.37. The van der Waals surface area contributed by atoms with Gasteiger partial charge in [0, 0.05) is 17.9 Å². The van der Waals surface area contributed by atoms with Gasteiger partial charge in [0.05, 0.1) is 0 Å². The quantitative estimate of drug-likeness (QED) is 0.0408. The van der Waals surface area contributed by atoms with Gasteiger partial charge in [0.1, 0.15) is 0 Å². The van der Waals surface area contributed by atoms with E-state index in [2.05, 4.69) is 34.3 Å². The number of hydrogen-bond donors (Lipinski definition) is 1. The topological polar surface area (TPSA) is 46.5 Å². The van der Waals surface area contributed by atoms with Crippen LogP contribution in [-0.2, 0) is 9.53 Å². The molecule has 3 atom stereocenters. The summed E-state index contributed by atoms with van der Waals surface area (Å²) in [5.41, 5.74) is 0.365. The van der Waals surface area contributed by atoms with Crippen molar-refractivity contribution in [3.8, 4) is 0 Å². The van der Waals surface area contributed by atoms with Gasteiger partial charge in [0.15, 0.2) is 0 Å². The molecule has 0 saturated heterocycles. The first-order valence-electron chi connectivity index (χ1n) is 18.0. The number of aliphatic hydroxyl groups is 1. The number of hydrogen-bond acceptors (Lipinski definition) is 3. The molecule has 1 N–H and O–H groups in total. The highest BCUT2D eigenvalue weighted by molar-refractivity contribution is 5.87. The lowest BCUT2D eigenvalue weighted by Crippen LogP contribution is -2.43. The minimum Gasteiger partial charge on any atom is -0.430 e. The molecule has 3 unspecified atom stereocenters. The van der Waals surface area contributed by atoms with Crippen molar-refractivity contribution in [1.29, 1.82) is 0 Å². The van der Waals surface area contributed by atoms with Crippen molar-refractivity contribution < 1.29 is 14.6 Å². The van der Waals surface area contributed by atoms with Gasteiger partial charge >= 0.3 is 5.97 Å². The van der Waals surface area contributed by atoms with Crippen LogP contribution in [0.25, 0.3) is 0 Å². The van der Waals surface area contributed by atoms with E-state index in [9.17, 15) is 9.90 Å². The van der Waals surface area contributed by atoms with Crippen molar-refractivity contribution in [3.05, 3.63) is 12.2 Å². The molecule has 0 heterocycles. The molecule has 0 radical (unpaired) electrons. The van der Waals surface area contributed by atoms with Crippen LogP contribution < -0.4 is 0 Å². The minimum atomic E-state index is -1.38. The van der Waals surface area contributed by atoms with Crippen molar-refractivity contribution in [3.63, 3.8) is 0 Å². The van der Waals surface area contributed by atoms with E-state index in [0.29, 0.717) is 17.9 Å². The van der Waals surface area contributed by atoms with Gasteiger partial charge in [-0.05, 0) is 32.1 Å². The molecule has 0 aromatic carbocycles. The molecule has 0 aliphatic heterocycles. The van der Waals surface area contributed by atoms with Gasteiger partial charge in [-0.3, -0.25) is 0 Å². The van der Waals surface area contributed by atoms with Gasteiger partial charge < -0.3 is 9.84 Å². The smallest absolute Gasteiger partial charge is 0.335 e. The standard InChI is InChI=1S/C37H72O3/c1-7-11-14-16-18-20-21-23-25-27-30-34(29-26-24-22-19-17-15-12-8-2)32-35(10-4)37(39,31-28-13-9-3)40-36(38)33(5)6/h34-35,39H,5,7-32H2,1-4,6H3. The summed E-state index contributed by atoms with van der Waals surface area (Å²) < 4.78 is 5.81. The molecule has 3 heteroatoms. The fourth-order valence-electron chi connectivity index (χ4n) is 6.15. The normalized spacial score (nSPS) is 14.6. The Morgan fingerprint density at radius 1 is 0.650 bits per heavy atom. The average Bonchev–Trinajstić information content (AvgIpc) is 2.93. The SMILES string of the molecule is C=C(C)C(=O)OC(O)(CCCCC)C(CC)CC(CCCCCCCCCC)CCCCCCCCCCCC. The lowest BCUT2D eigenvalue weighted by atomic mass is 9.79. The van der Waals surface area contributed by atoms with E-state index in [1.54, 1.807) is 6.92 Å². The van der Waals surface area contributed by atoms with Gasteiger partial charge in [0.25, 0.3) is 0 Å². The van der Waals surface area contributed by atoms with Crippen molar-refractivity contribution >= 4 is 5.97 Å². The summed E-state index contributed by atoms with van der Waals surface area (Å²) in [4.78, 5) is 12.5. The van der Waals surface area contributed by atoms with E-state index in [4.69, 9.17) is 4.74 Å². The second kappa shape index (κ2) is 27.0. The van der Waals surface area contributed by atoms with Crippen LogP contribution in [0.15, 0.2) is 12.2 Å². The zero-order chi connectivity index (χ0) is 29.9. The maximum Gasteiger partial charge on any atom is 0.335 e. The molecule has 0 aliphatic rings. The third-order valence-corrected chi connectivity index (χ3v) is 8.94. The summed E-state index contributed by atoms with van der Waals surface area (Å²) in [6.45, 7) is 14.3. The Morgan fingerprint density at radius 3 is 1.40 bits per heavy atom. The summed E-state index contributed by atoms with van der Waals surface area (Å²) in [5, 5.41) is 11.7. The lowest BCUT2D eigenvalue weighted by Gasteiger charge is -2.37. The van der Waals surface area contributed by atoms with E-state index in [0.717, 1.165) is 32.1 Å². The molecule has 3 nitrogen and oxygen atoms in total. The van der Waals surface area contributed by atoms with Crippen molar-refractivity contribution in [1.82, 2.24) is 0 Å². The molecule has 0 aromatic heterocycles. The molecule has 40 heavy (non-hydrogen) atoms. The maximum absolute atomic E-state index is 12.5. The molecule has 238 valence electrons. The van der Waals surface area contributed by atoms with Crippen LogP contribution in [0, 0.1) is 11.8 Å². The summed E-state index contributed by atoms with van der Waals surface area (Å²) in [6, 6.07) is 0. The number of rotatable bonds is 30. The fraction of sp³-hybridized carbons (Fsp3) is 0.919. The van der Waals surface area contributed by atoms with Crippen LogP contribution in [0.5, 0.6) is 0 Å². The first-order chi connectivity index (χ1) is 19.3. The van der Waals surface area contributed by atoms with Crippen LogP contribution in [0.3, 0.4) is 0 Å². The Morgan fingerprint density at radius 2 is 1.02 bits per heavy atom. The number of ether oxygens (including phenoxy) is 1. The number of esters is 1. The zero-order valence-corrected chi connectivity index (χ0v) is 28.0. The summed E-state index contributed by atoms with van der Waals surface area (Å²) in [5.74, 6) is -1.25. The summed E-state index contributed by atoms with van der Waals surface area (Å²) in [7, 11) is 0. The second-order valence-corrected chi connectivity index (χ2v) is 12.9. The van der Waals surface area contributed by atoms with Gasteiger partial charge in [0.2, 0.25) is 5.79 Å². The van der Waals surface area contributed by atoms with E-state index in [1.165, 1.54) is 128 Å². The first kappa shape index (κ1) is 39.2. The predicted octanol–water partition coefficient (Wildman–Crippen LogP) is 12.2. The average molecular weight is 565 g/mol. The van der Waals surface area contributed by atoms with Crippen LogP contribution in [0.1, 0.15) is 202 Å². The van der Waals surface area contributed by atoms with E-state index in [-0.39, 0.29) is 5.92 Å².